The van der Waals surface area contributed by atoms with E-state index in [4.69, 9.17) is 27.3 Å². The van der Waals surface area contributed by atoms with Crippen molar-refractivity contribution in [2.24, 2.45) is 0 Å². The van der Waals surface area contributed by atoms with Gasteiger partial charge in [0, 0.05) is 5.69 Å². The number of ketones is 1. The van der Waals surface area contributed by atoms with E-state index in [0.29, 0.717) is 5.69 Å². The van der Waals surface area contributed by atoms with Crippen molar-refractivity contribution >= 4 is 23.1 Å². The molecule has 0 fully saturated rings. The van der Waals surface area contributed by atoms with E-state index in [1.54, 1.807) is 0 Å². The molecule has 0 atom stereocenters. The highest BCUT2D eigenvalue weighted by molar-refractivity contribution is 6.31. The molecule has 1 aromatic rings. The first-order valence-electron chi connectivity index (χ1n) is 4.10. The van der Waals surface area contributed by atoms with Gasteiger partial charge < -0.3 is 10.5 Å². The summed E-state index contributed by atoms with van der Waals surface area (Å²) in [5.74, 6) is -0.278. The van der Waals surface area contributed by atoms with E-state index in [9.17, 15) is 4.79 Å². The molecule has 0 aliphatic heterocycles. The van der Waals surface area contributed by atoms with Crippen LogP contribution in [-0.4, -0.2) is 18.8 Å². The minimum absolute atomic E-state index is 0.176. The molecule has 15 heavy (non-hydrogen) atoms. The van der Waals surface area contributed by atoms with E-state index >= 15 is 0 Å². The van der Waals surface area contributed by atoms with Crippen LogP contribution in [0.5, 0.6) is 5.75 Å². The van der Waals surface area contributed by atoms with Gasteiger partial charge in [-0.25, -0.2) is 0 Å². The largest absolute Gasteiger partial charge is 0.495 e. The first-order valence-corrected chi connectivity index (χ1v) is 4.64. The van der Waals surface area contributed by atoms with Crippen LogP contribution < -0.4 is 10.5 Å². The number of nitrogen functional groups attached to an aromatic ring is 1. The van der Waals surface area contributed by atoms with Gasteiger partial charge >= 0.3 is 0 Å². The Morgan fingerprint density at radius 2 is 2.33 bits per heavy atom. The monoisotopic (exact) mass is 224 g/mol. The molecule has 1 aromatic carbocycles. The SMILES string of the molecule is COc1c(C#N)cc(N)cc1C(=O)CCl. The number of benzene rings is 1. The van der Waals surface area contributed by atoms with Crippen LogP contribution in [0.25, 0.3) is 0 Å². The molecule has 0 saturated carbocycles. The molecule has 0 aromatic heterocycles. The third-order valence-electron chi connectivity index (χ3n) is 1.86. The molecule has 0 unspecified atom stereocenters. The zero-order chi connectivity index (χ0) is 11.4. The van der Waals surface area contributed by atoms with Crippen molar-refractivity contribution in [2.75, 3.05) is 18.7 Å². The summed E-state index contributed by atoms with van der Waals surface area (Å²) in [6.45, 7) is 0. The average molecular weight is 225 g/mol. The minimum atomic E-state index is -0.322. The number of anilines is 1. The van der Waals surface area contributed by atoms with Gasteiger partial charge in [0.05, 0.1) is 24.1 Å². The molecule has 0 heterocycles. The predicted octanol–water partition coefficient (Wildman–Crippen LogP) is 1.57. The maximum atomic E-state index is 11.4. The summed E-state index contributed by atoms with van der Waals surface area (Å²) in [5, 5.41) is 8.82. The molecule has 0 saturated heterocycles. The first-order chi connectivity index (χ1) is 7.13. The molecular formula is C10H9ClN2O2. The Morgan fingerprint density at radius 1 is 1.67 bits per heavy atom. The van der Waals surface area contributed by atoms with Crippen LogP contribution in [0.2, 0.25) is 0 Å². The number of nitrogens with two attached hydrogens (primary N) is 1. The lowest BCUT2D eigenvalue weighted by Gasteiger charge is -2.09. The fourth-order valence-corrected chi connectivity index (χ4v) is 1.38. The van der Waals surface area contributed by atoms with Crippen LogP contribution in [-0.2, 0) is 0 Å². The van der Waals surface area contributed by atoms with Gasteiger partial charge in [0.2, 0.25) is 0 Å². The van der Waals surface area contributed by atoms with Crippen LogP contribution in [0, 0.1) is 11.3 Å². The minimum Gasteiger partial charge on any atom is -0.495 e. The van der Waals surface area contributed by atoms with Gasteiger partial charge in [-0.15, -0.1) is 11.6 Å². The molecule has 0 bridgehead atoms. The Labute approximate surface area is 92.2 Å². The number of Topliss-reactive ketones (excluding diaryl/α,β-unsaturated/α-hetero) is 1. The number of carbonyl (C=O) groups is 1. The van der Waals surface area contributed by atoms with Gasteiger partial charge in [-0.3, -0.25) is 4.79 Å². The van der Waals surface area contributed by atoms with Crippen molar-refractivity contribution in [3.05, 3.63) is 23.3 Å². The van der Waals surface area contributed by atoms with Crippen LogP contribution in [0.1, 0.15) is 15.9 Å². The molecule has 0 aliphatic carbocycles. The number of carbonyl (C=O) groups excluding carboxylic acids is 1. The van der Waals surface area contributed by atoms with Gasteiger partial charge in [-0.05, 0) is 12.1 Å². The Kier molecular flexibility index (Phi) is 3.53. The molecule has 2 N–H and O–H groups in total. The van der Waals surface area contributed by atoms with Crippen molar-refractivity contribution in [1.82, 2.24) is 0 Å². The molecule has 0 spiro atoms. The van der Waals surface area contributed by atoms with E-state index in [1.807, 2.05) is 6.07 Å². The molecule has 0 aliphatic rings. The van der Waals surface area contributed by atoms with Crippen molar-refractivity contribution in [2.45, 2.75) is 0 Å². The lowest BCUT2D eigenvalue weighted by Crippen LogP contribution is -2.06. The number of rotatable bonds is 3. The zero-order valence-corrected chi connectivity index (χ0v) is 8.84. The Balaban J connectivity index is 3.43. The van der Waals surface area contributed by atoms with Gasteiger partial charge in [0.25, 0.3) is 0 Å². The van der Waals surface area contributed by atoms with Gasteiger partial charge in [0.15, 0.2) is 5.78 Å². The number of nitriles is 1. The molecule has 78 valence electrons. The second kappa shape index (κ2) is 4.67. The Morgan fingerprint density at radius 3 is 2.80 bits per heavy atom. The number of halogens is 1. The average Bonchev–Trinajstić information content (AvgIpc) is 2.26. The van der Waals surface area contributed by atoms with Crippen molar-refractivity contribution in [3.63, 3.8) is 0 Å². The van der Waals surface area contributed by atoms with E-state index in [-0.39, 0.29) is 28.5 Å². The standard InChI is InChI=1S/C10H9ClN2O2/c1-15-10-6(5-12)2-7(13)3-8(10)9(14)4-11/h2-3H,4,13H2,1H3. The number of hydrogen-bond donors (Lipinski definition) is 1. The predicted molar refractivity (Wildman–Crippen MR) is 57.2 cm³/mol. The molecule has 4 nitrogen and oxygen atoms in total. The fraction of sp³-hybridized carbons (Fsp3) is 0.200. The fourth-order valence-electron chi connectivity index (χ4n) is 1.23. The quantitative estimate of drug-likeness (QED) is 0.480. The lowest BCUT2D eigenvalue weighted by molar-refractivity contribution is 0.101. The van der Waals surface area contributed by atoms with E-state index in [1.165, 1.54) is 19.2 Å². The maximum Gasteiger partial charge on any atom is 0.181 e. The summed E-state index contributed by atoms with van der Waals surface area (Å²) in [4.78, 5) is 11.4. The highest BCUT2D eigenvalue weighted by atomic mass is 35.5. The first kappa shape index (κ1) is 11.3. The number of hydrogen-bond acceptors (Lipinski definition) is 4. The highest BCUT2D eigenvalue weighted by Crippen LogP contribution is 2.27. The normalized spacial score (nSPS) is 9.40. The Hall–Kier alpha value is -1.73. The summed E-state index contributed by atoms with van der Waals surface area (Å²) in [6, 6.07) is 4.80. The summed E-state index contributed by atoms with van der Waals surface area (Å²) in [5.41, 5.74) is 6.35. The van der Waals surface area contributed by atoms with Crippen LogP contribution in [0.4, 0.5) is 5.69 Å². The van der Waals surface area contributed by atoms with Gasteiger partial charge in [0.1, 0.15) is 11.8 Å². The molecule has 0 radical (unpaired) electrons. The summed E-state index contributed by atoms with van der Waals surface area (Å²) in [6.07, 6.45) is 0. The van der Waals surface area contributed by atoms with E-state index in [2.05, 4.69) is 0 Å². The van der Waals surface area contributed by atoms with Crippen molar-refractivity contribution < 1.29 is 9.53 Å². The molecule has 5 heteroatoms. The maximum absolute atomic E-state index is 11.4. The summed E-state index contributed by atoms with van der Waals surface area (Å²) in [7, 11) is 1.39. The smallest absolute Gasteiger partial charge is 0.181 e. The number of ether oxygens (including phenoxy) is 1. The molecular weight excluding hydrogens is 216 g/mol. The number of nitrogens with zero attached hydrogens (tertiary/aromatic N) is 1. The third-order valence-corrected chi connectivity index (χ3v) is 2.10. The lowest BCUT2D eigenvalue weighted by atomic mass is 10.1. The summed E-state index contributed by atoms with van der Waals surface area (Å²) < 4.78 is 4.99. The van der Waals surface area contributed by atoms with Crippen LogP contribution >= 0.6 is 11.6 Å². The van der Waals surface area contributed by atoms with Crippen molar-refractivity contribution in [3.8, 4) is 11.8 Å². The van der Waals surface area contributed by atoms with Gasteiger partial charge in [-0.1, -0.05) is 0 Å². The Bertz CT molecular complexity index is 438. The molecule has 0 amide bonds. The van der Waals surface area contributed by atoms with Crippen LogP contribution in [0.15, 0.2) is 12.1 Å². The van der Waals surface area contributed by atoms with E-state index < -0.39 is 0 Å². The number of alkyl halides is 1. The van der Waals surface area contributed by atoms with Gasteiger partial charge in [-0.2, -0.15) is 5.26 Å². The third kappa shape index (κ3) is 2.20. The summed E-state index contributed by atoms with van der Waals surface area (Å²) >= 11 is 5.43. The van der Waals surface area contributed by atoms with E-state index in [0.717, 1.165) is 0 Å². The topological polar surface area (TPSA) is 76.1 Å². The second-order valence-corrected chi connectivity index (χ2v) is 3.09. The number of methoxy groups -OCH3 is 1. The molecule has 1 rings (SSSR count). The zero-order valence-electron chi connectivity index (χ0n) is 8.08. The van der Waals surface area contributed by atoms with Crippen molar-refractivity contribution in [1.29, 1.82) is 5.26 Å². The highest BCUT2D eigenvalue weighted by Gasteiger charge is 2.16. The van der Waals surface area contributed by atoms with Crippen LogP contribution in [0.3, 0.4) is 0 Å². The second-order valence-electron chi connectivity index (χ2n) is 2.82.